The summed E-state index contributed by atoms with van der Waals surface area (Å²) >= 11 is 1.20. The summed E-state index contributed by atoms with van der Waals surface area (Å²) in [6, 6.07) is 1.54. The monoisotopic (exact) mass is 344 g/mol. The van der Waals surface area contributed by atoms with Crippen molar-refractivity contribution in [2.45, 2.75) is 33.7 Å². The first kappa shape index (κ1) is 16.2. The van der Waals surface area contributed by atoms with Crippen molar-refractivity contribution in [1.82, 2.24) is 24.6 Å². The maximum Gasteiger partial charge on any atom is 0.300 e. The Morgan fingerprint density at radius 2 is 2.04 bits per heavy atom. The van der Waals surface area contributed by atoms with Gasteiger partial charge in [-0.05, 0) is 26.8 Å². The summed E-state index contributed by atoms with van der Waals surface area (Å²) in [5.41, 5.74) is 0.616. The second-order valence-electron chi connectivity index (χ2n) is 5.54. The first-order valence-electron chi connectivity index (χ1n) is 7.37. The maximum absolute atomic E-state index is 12.9. The average molecular weight is 344 g/mol. The fourth-order valence-electron chi connectivity index (χ4n) is 2.29. The Hall–Kier alpha value is -2.68. The summed E-state index contributed by atoms with van der Waals surface area (Å²) in [7, 11) is 0. The van der Waals surface area contributed by atoms with Crippen LogP contribution in [0.2, 0.25) is 0 Å². The smallest absolute Gasteiger partial charge is 0.294 e. The molecule has 24 heavy (non-hydrogen) atoms. The molecule has 9 heteroatoms. The summed E-state index contributed by atoms with van der Waals surface area (Å²) in [4.78, 5) is 39.2. The van der Waals surface area contributed by atoms with Crippen LogP contribution in [0.5, 0.6) is 0 Å². The van der Waals surface area contributed by atoms with Crippen molar-refractivity contribution in [3.05, 3.63) is 34.9 Å². The van der Waals surface area contributed by atoms with Gasteiger partial charge in [0.15, 0.2) is 10.9 Å². The predicted molar refractivity (Wildman–Crippen MR) is 89.6 cm³/mol. The molecule has 0 atom stereocenters. The number of nitrogens with zero attached hydrogens (tertiary/aromatic N) is 6. The van der Waals surface area contributed by atoms with Crippen LogP contribution in [0.15, 0.2) is 18.5 Å². The minimum atomic E-state index is -0.376. The number of rotatable bonds is 4. The topological polar surface area (TPSA) is 93.4 Å². The van der Waals surface area contributed by atoms with Gasteiger partial charge in [0.25, 0.3) is 11.7 Å². The molecular weight excluding hydrogens is 328 g/mol. The lowest BCUT2D eigenvalue weighted by molar-refractivity contribution is 0.0969. The lowest BCUT2D eigenvalue weighted by Crippen LogP contribution is -2.37. The Balaban J connectivity index is 2.03. The van der Waals surface area contributed by atoms with E-state index in [0.29, 0.717) is 21.5 Å². The van der Waals surface area contributed by atoms with E-state index in [2.05, 4.69) is 20.1 Å². The number of fused-ring (bicyclic) bond motifs is 1. The molecule has 3 heterocycles. The van der Waals surface area contributed by atoms with Gasteiger partial charge in [-0.1, -0.05) is 11.3 Å². The molecule has 0 bridgehead atoms. The molecule has 3 rings (SSSR count). The summed E-state index contributed by atoms with van der Waals surface area (Å²) in [5, 5.41) is 4.63. The van der Waals surface area contributed by atoms with Gasteiger partial charge in [0.2, 0.25) is 5.82 Å². The van der Waals surface area contributed by atoms with Crippen LogP contribution in [0.25, 0.3) is 5.78 Å². The quantitative estimate of drug-likeness (QED) is 0.673. The molecule has 0 aliphatic carbocycles. The number of amides is 1. The molecule has 0 fully saturated rings. The van der Waals surface area contributed by atoms with E-state index in [1.807, 2.05) is 13.8 Å². The number of carbonyl (C=O) groups excluding carboxylic acids is 2. The van der Waals surface area contributed by atoms with Crippen molar-refractivity contribution in [2.75, 3.05) is 4.90 Å². The fraction of sp³-hybridized carbons (Fsp3) is 0.333. The number of aromatic nitrogens is 5. The van der Waals surface area contributed by atoms with Crippen LogP contribution in [0.4, 0.5) is 5.13 Å². The highest BCUT2D eigenvalue weighted by molar-refractivity contribution is 7.17. The average Bonchev–Trinajstić information content (AvgIpc) is 3.10. The van der Waals surface area contributed by atoms with Crippen molar-refractivity contribution in [3.63, 3.8) is 0 Å². The Labute approximate surface area is 142 Å². The van der Waals surface area contributed by atoms with Gasteiger partial charge in [-0.25, -0.2) is 14.5 Å². The van der Waals surface area contributed by atoms with E-state index in [9.17, 15) is 9.59 Å². The van der Waals surface area contributed by atoms with Crippen LogP contribution >= 0.6 is 11.3 Å². The van der Waals surface area contributed by atoms with Gasteiger partial charge < -0.3 is 0 Å². The van der Waals surface area contributed by atoms with E-state index in [4.69, 9.17) is 0 Å². The number of ketones is 1. The zero-order chi connectivity index (χ0) is 17.4. The Morgan fingerprint density at radius 1 is 1.29 bits per heavy atom. The maximum atomic E-state index is 12.9. The molecule has 3 aromatic heterocycles. The highest BCUT2D eigenvalue weighted by Gasteiger charge is 2.28. The Bertz CT molecular complexity index is 896. The van der Waals surface area contributed by atoms with Gasteiger partial charge in [0.05, 0.1) is 10.6 Å². The van der Waals surface area contributed by atoms with E-state index in [1.54, 1.807) is 25.4 Å². The number of Topliss-reactive ketones (excluding diaryl/α,β-unsaturated/α-hetero) is 1. The third kappa shape index (κ3) is 2.78. The molecule has 0 N–H and O–H groups in total. The second-order valence-corrected chi connectivity index (χ2v) is 6.51. The Kier molecular flexibility index (Phi) is 4.10. The van der Waals surface area contributed by atoms with Crippen LogP contribution in [-0.4, -0.2) is 42.3 Å². The molecule has 0 aliphatic heterocycles. The minimum Gasteiger partial charge on any atom is -0.294 e. The summed E-state index contributed by atoms with van der Waals surface area (Å²) in [5.74, 6) is -0.0502. The highest BCUT2D eigenvalue weighted by atomic mass is 32.1. The normalized spacial score (nSPS) is 11.2. The molecule has 124 valence electrons. The van der Waals surface area contributed by atoms with Crippen molar-refractivity contribution < 1.29 is 9.59 Å². The van der Waals surface area contributed by atoms with Gasteiger partial charge >= 0.3 is 0 Å². The number of carbonyl (C=O) groups is 2. The fourth-order valence-corrected chi connectivity index (χ4v) is 3.38. The molecule has 0 spiro atoms. The number of hydrogen-bond donors (Lipinski definition) is 0. The second kappa shape index (κ2) is 6.08. The van der Waals surface area contributed by atoms with E-state index in [-0.39, 0.29) is 23.6 Å². The molecule has 0 saturated carbocycles. The van der Waals surface area contributed by atoms with Crippen LogP contribution < -0.4 is 4.90 Å². The molecule has 3 aromatic rings. The molecule has 0 saturated heterocycles. The largest absolute Gasteiger partial charge is 0.300 e. The van der Waals surface area contributed by atoms with E-state index >= 15 is 0 Å². The highest BCUT2D eigenvalue weighted by Crippen LogP contribution is 2.28. The molecule has 8 nitrogen and oxygen atoms in total. The SMILES string of the molecule is CC(=O)c1sc(N(C(=O)c2nc3ncccn3n2)C(C)C)nc1C. The van der Waals surface area contributed by atoms with Crippen molar-refractivity contribution >= 4 is 33.9 Å². The zero-order valence-corrected chi connectivity index (χ0v) is 14.5. The van der Waals surface area contributed by atoms with Gasteiger partial charge in [-0.15, -0.1) is 5.10 Å². The van der Waals surface area contributed by atoms with Gasteiger partial charge in [0.1, 0.15) is 0 Å². The van der Waals surface area contributed by atoms with Crippen molar-refractivity contribution in [1.29, 1.82) is 0 Å². The summed E-state index contributed by atoms with van der Waals surface area (Å²) in [6.07, 6.45) is 3.26. The molecule has 1 amide bonds. The van der Waals surface area contributed by atoms with Gasteiger partial charge in [-0.2, -0.15) is 4.98 Å². The zero-order valence-electron chi connectivity index (χ0n) is 13.7. The first-order chi connectivity index (χ1) is 11.4. The first-order valence-corrected chi connectivity index (χ1v) is 8.19. The molecule has 0 unspecified atom stereocenters. The van der Waals surface area contributed by atoms with Crippen LogP contribution in [0.1, 0.15) is 46.8 Å². The van der Waals surface area contributed by atoms with E-state index in [0.717, 1.165) is 0 Å². The van der Waals surface area contributed by atoms with Crippen molar-refractivity contribution in [3.8, 4) is 0 Å². The Morgan fingerprint density at radius 3 is 2.62 bits per heavy atom. The standard InChI is InChI=1S/C15H16N6O2S/c1-8(2)21(15-17-9(3)11(24-15)10(4)22)13(23)12-18-14-16-6-5-7-20(14)19-12/h5-8H,1-4H3. The third-order valence-electron chi connectivity index (χ3n) is 3.35. The van der Waals surface area contributed by atoms with Gasteiger partial charge in [-0.3, -0.25) is 14.5 Å². The van der Waals surface area contributed by atoms with Crippen LogP contribution in [0, 0.1) is 6.92 Å². The molecule has 0 aliphatic rings. The lowest BCUT2D eigenvalue weighted by Gasteiger charge is -2.22. The van der Waals surface area contributed by atoms with Crippen LogP contribution in [-0.2, 0) is 0 Å². The summed E-state index contributed by atoms with van der Waals surface area (Å²) in [6.45, 7) is 6.99. The summed E-state index contributed by atoms with van der Waals surface area (Å²) < 4.78 is 1.44. The molecular formula is C15H16N6O2S. The van der Waals surface area contributed by atoms with E-state index < -0.39 is 0 Å². The number of anilines is 1. The molecule has 0 aromatic carbocycles. The lowest BCUT2D eigenvalue weighted by atomic mass is 10.3. The minimum absolute atomic E-state index is 0.0413. The predicted octanol–water partition coefficient (Wildman–Crippen LogP) is 2.15. The third-order valence-corrected chi connectivity index (χ3v) is 4.61. The number of thiazole rings is 1. The van der Waals surface area contributed by atoms with Crippen molar-refractivity contribution in [2.24, 2.45) is 0 Å². The van der Waals surface area contributed by atoms with Crippen LogP contribution in [0.3, 0.4) is 0 Å². The van der Waals surface area contributed by atoms with Gasteiger partial charge in [0, 0.05) is 25.4 Å². The molecule has 0 radical (unpaired) electrons. The number of hydrogen-bond acceptors (Lipinski definition) is 7. The number of aryl methyl sites for hydroxylation is 1. The van der Waals surface area contributed by atoms with E-state index in [1.165, 1.54) is 27.7 Å².